The zero-order valence-corrected chi connectivity index (χ0v) is 10.1. The number of aryl methyl sites for hydroxylation is 2. The molecule has 0 radical (unpaired) electrons. The molecule has 0 N–H and O–H groups in total. The molecule has 0 bridgehead atoms. The van der Waals surface area contributed by atoms with Gasteiger partial charge in [-0.1, -0.05) is 22.9 Å². The molecule has 0 spiro atoms. The Kier molecular flexibility index (Phi) is 2.43. The van der Waals surface area contributed by atoms with E-state index in [0.717, 1.165) is 6.42 Å². The van der Waals surface area contributed by atoms with Crippen LogP contribution in [0.5, 0.6) is 0 Å². The highest BCUT2D eigenvalue weighted by atomic mass is 79.9. The van der Waals surface area contributed by atoms with Gasteiger partial charge in [-0.2, -0.15) is 0 Å². The Morgan fingerprint density at radius 1 is 1.38 bits per heavy atom. The Balaban J connectivity index is 2.76. The van der Waals surface area contributed by atoms with E-state index in [9.17, 15) is 0 Å². The molecule has 0 unspecified atom stereocenters. The molecule has 13 heavy (non-hydrogen) atoms. The first-order valence-corrected chi connectivity index (χ1v) is 6.01. The molecule has 2 aromatic rings. The fourth-order valence-corrected chi connectivity index (χ4v) is 2.86. The maximum Gasteiger partial charge on any atom is 0.0349 e. The fourth-order valence-electron chi connectivity index (χ4n) is 1.45. The molecule has 2 rings (SSSR count). The summed E-state index contributed by atoms with van der Waals surface area (Å²) >= 11 is 5.45. The highest BCUT2D eigenvalue weighted by molar-refractivity contribution is 9.10. The zero-order valence-electron chi connectivity index (χ0n) is 7.73. The first-order valence-electron chi connectivity index (χ1n) is 4.40. The third kappa shape index (κ3) is 1.53. The van der Waals surface area contributed by atoms with E-state index in [1.165, 1.54) is 25.0 Å². The van der Waals surface area contributed by atoms with Crippen LogP contribution in [-0.2, 0) is 6.42 Å². The monoisotopic (exact) mass is 254 g/mol. The highest BCUT2D eigenvalue weighted by Gasteiger charge is 2.04. The summed E-state index contributed by atoms with van der Waals surface area (Å²) in [5, 5.41) is 1.40. The van der Waals surface area contributed by atoms with Crippen LogP contribution in [0.4, 0.5) is 0 Å². The van der Waals surface area contributed by atoms with Crippen molar-refractivity contribution in [2.75, 3.05) is 0 Å². The van der Waals surface area contributed by atoms with Gasteiger partial charge in [0.1, 0.15) is 0 Å². The number of hydrogen-bond donors (Lipinski definition) is 0. The first-order chi connectivity index (χ1) is 6.22. The van der Waals surface area contributed by atoms with Gasteiger partial charge in [0.05, 0.1) is 0 Å². The molecule has 0 nitrogen and oxygen atoms in total. The van der Waals surface area contributed by atoms with E-state index in [4.69, 9.17) is 0 Å². The lowest BCUT2D eigenvalue weighted by Crippen LogP contribution is -1.74. The van der Waals surface area contributed by atoms with Gasteiger partial charge in [0.2, 0.25) is 0 Å². The molecule has 0 fully saturated rings. The second kappa shape index (κ2) is 3.43. The van der Waals surface area contributed by atoms with Gasteiger partial charge in [-0.05, 0) is 42.5 Å². The van der Waals surface area contributed by atoms with E-state index in [0.29, 0.717) is 0 Å². The summed E-state index contributed by atoms with van der Waals surface area (Å²) in [5.41, 5.74) is 1.36. The van der Waals surface area contributed by atoms with Crippen molar-refractivity contribution < 1.29 is 0 Å². The van der Waals surface area contributed by atoms with E-state index in [1.807, 2.05) is 11.3 Å². The van der Waals surface area contributed by atoms with Crippen molar-refractivity contribution in [1.29, 1.82) is 0 Å². The second-order valence-corrected chi connectivity index (χ2v) is 5.17. The molecule has 0 saturated heterocycles. The van der Waals surface area contributed by atoms with E-state index >= 15 is 0 Å². The van der Waals surface area contributed by atoms with Crippen molar-refractivity contribution in [1.82, 2.24) is 0 Å². The molecule has 0 aliphatic heterocycles. The summed E-state index contributed by atoms with van der Waals surface area (Å²) in [5.74, 6) is 0. The standard InChI is InChI=1S/C11H11BrS/c1-3-8-6-9-7(2)10(12)4-5-11(9)13-8/h4-6H,3H2,1-2H3. The minimum Gasteiger partial charge on any atom is -0.140 e. The van der Waals surface area contributed by atoms with E-state index in [2.05, 4.69) is 48.0 Å². The number of thiophene rings is 1. The molecular weight excluding hydrogens is 244 g/mol. The lowest BCUT2D eigenvalue weighted by Gasteiger charge is -1.97. The molecular formula is C11H11BrS. The molecule has 1 heterocycles. The van der Waals surface area contributed by atoms with Gasteiger partial charge in [-0.15, -0.1) is 11.3 Å². The summed E-state index contributed by atoms with van der Waals surface area (Å²) in [6, 6.07) is 6.63. The van der Waals surface area contributed by atoms with Crippen LogP contribution in [0.1, 0.15) is 17.4 Å². The second-order valence-electron chi connectivity index (χ2n) is 3.15. The fraction of sp³-hybridized carbons (Fsp3) is 0.273. The number of benzene rings is 1. The summed E-state index contributed by atoms with van der Waals surface area (Å²) < 4.78 is 2.61. The molecule has 2 heteroatoms. The molecule has 0 saturated carbocycles. The van der Waals surface area contributed by atoms with E-state index < -0.39 is 0 Å². The van der Waals surface area contributed by atoms with Crippen LogP contribution < -0.4 is 0 Å². The summed E-state index contributed by atoms with van der Waals surface area (Å²) in [6.45, 7) is 4.37. The van der Waals surface area contributed by atoms with Crippen LogP contribution in [0, 0.1) is 6.92 Å². The molecule has 0 aliphatic carbocycles. The number of fused-ring (bicyclic) bond motifs is 1. The Hall–Kier alpha value is -0.340. The van der Waals surface area contributed by atoms with Crippen LogP contribution in [-0.4, -0.2) is 0 Å². The Labute approximate surface area is 90.7 Å². The lowest BCUT2D eigenvalue weighted by molar-refractivity contribution is 1.19. The Morgan fingerprint density at radius 3 is 2.85 bits per heavy atom. The summed E-state index contributed by atoms with van der Waals surface area (Å²) in [6.07, 6.45) is 1.14. The van der Waals surface area contributed by atoms with Crippen LogP contribution in [0.25, 0.3) is 10.1 Å². The van der Waals surface area contributed by atoms with E-state index in [1.54, 1.807) is 0 Å². The van der Waals surface area contributed by atoms with Gasteiger partial charge in [-0.25, -0.2) is 0 Å². The molecule has 1 aromatic carbocycles. The molecule has 0 amide bonds. The van der Waals surface area contributed by atoms with Gasteiger partial charge in [-0.3, -0.25) is 0 Å². The first kappa shape index (κ1) is 9.22. The van der Waals surface area contributed by atoms with Crippen LogP contribution >= 0.6 is 27.3 Å². The maximum atomic E-state index is 3.55. The minimum atomic E-state index is 1.14. The predicted octanol–water partition coefficient (Wildman–Crippen LogP) is 4.53. The van der Waals surface area contributed by atoms with Crippen molar-refractivity contribution in [3.8, 4) is 0 Å². The van der Waals surface area contributed by atoms with Gasteiger partial charge in [0, 0.05) is 14.0 Å². The van der Waals surface area contributed by atoms with Crippen molar-refractivity contribution in [2.24, 2.45) is 0 Å². The average molecular weight is 255 g/mol. The number of hydrogen-bond acceptors (Lipinski definition) is 1. The zero-order chi connectivity index (χ0) is 9.42. The minimum absolute atomic E-state index is 1.14. The average Bonchev–Trinajstić information content (AvgIpc) is 2.55. The molecule has 68 valence electrons. The normalized spacial score (nSPS) is 11.0. The summed E-state index contributed by atoms with van der Waals surface area (Å²) in [4.78, 5) is 1.47. The van der Waals surface area contributed by atoms with Gasteiger partial charge in [0.15, 0.2) is 0 Å². The maximum absolute atomic E-state index is 3.55. The van der Waals surface area contributed by atoms with Crippen molar-refractivity contribution in [3.05, 3.63) is 33.1 Å². The Bertz CT molecular complexity index is 443. The Morgan fingerprint density at radius 2 is 2.15 bits per heavy atom. The topological polar surface area (TPSA) is 0 Å². The van der Waals surface area contributed by atoms with Crippen molar-refractivity contribution >= 4 is 37.4 Å². The molecule has 0 aliphatic rings. The van der Waals surface area contributed by atoms with Gasteiger partial charge in [0.25, 0.3) is 0 Å². The largest absolute Gasteiger partial charge is 0.140 e. The van der Waals surface area contributed by atoms with Crippen LogP contribution in [0.2, 0.25) is 0 Å². The lowest BCUT2D eigenvalue weighted by atomic mass is 10.1. The third-order valence-electron chi connectivity index (χ3n) is 2.30. The van der Waals surface area contributed by atoms with Crippen molar-refractivity contribution in [3.63, 3.8) is 0 Å². The smallest absolute Gasteiger partial charge is 0.0349 e. The van der Waals surface area contributed by atoms with Gasteiger partial charge >= 0.3 is 0 Å². The third-order valence-corrected chi connectivity index (χ3v) is 4.41. The molecule has 0 atom stereocenters. The van der Waals surface area contributed by atoms with Crippen molar-refractivity contribution in [2.45, 2.75) is 20.3 Å². The SMILES string of the molecule is CCc1cc2c(C)c(Br)ccc2s1. The van der Waals surface area contributed by atoms with Gasteiger partial charge < -0.3 is 0 Å². The van der Waals surface area contributed by atoms with Crippen LogP contribution in [0.3, 0.4) is 0 Å². The summed E-state index contributed by atoms with van der Waals surface area (Å²) in [7, 11) is 0. The molecule has 1 aromatic heterocycles. The number of halogens is 1. The van der Waals surface area contributed by atoms with Crippen LogP contribution in [0.15, 0.2) is 22.7 Å². The quantitative estimate of drug-likeness (QED) is 0.702. The highest BCUT2D eigenvalue weighted by Crippen LogP contribution is 2.32. The predicted molar refractivity (Wildman–Crippen MR) is 63.6 cm³/mol. The number of rotatable bonds is 1. The van der Waals surface area contributed by atoms with E-state index in [-0.39, 0.29) is 0 Å².